The van der Waals surface area contributed by atoms with Crippen LogP contribution < -0.4 is 10.2 Å². The topological polar surface area (TPSA) is 59.4 Å². The molecule has 1 aromatic heterocycles. The van der Waals surface area contributed by atoms with E-state index in [9.17, 15) is 4.79 Å². The third-order valence-corrected chi connectivity index (χ3v) is 7.30. The molecule has 1 aliphatic carbocycles. The molecule has 6 nitrogen and oxygen atoms in total. The molecule has 156 valence electrons. The number of halogens is 2. The zero-order valence-corrected chi connectivity index (χ0v) is 17.9. The molecule has 8 heteroatoms. The SMILES string of the molecule is O=C(NC1CCOC1)C1CCN(c2nc3cc(Cl)c(Cl)cc3n2C2CCC2)CC1. The predicted octanol–water partition coefficient (Wildman–Crippen LogP) is 4.19. The summed E-state index contributed by atoms with van der Waals surface area (Å²) >= 11 is 12.5. The van der Waals surface area contributed by atoms with Gasteiger partial charge in [0.25, 0.3) is 0 Å². The fraction of sp³-hybridized carbons (Fsp3) is 0.619. The van der Waals surface area contributed by atoms with Crippen LogP contribution in [0.2, 0.25) is 10.0 Å². The monoisotopic (exact) mass is 436 g/mol. The van der Waals surface area contributed by atoms with E-state index in [1.807, 2.05) is 12.1 Å². The Hall–Kier alpha value is -1.50. The summed E-state index contributed by atoms with van der Waals surface area (Å²) in [7, 11) is 0. The summed E-state index contributed by atoms with van der Waals surface area (Å²) in [5, 5.41) is 4.26. The van der Waals surface area contributed by atoms with Crippen molar-refractivity contribution in [3.63, 3.8) is 0 Å². The van der Waals surface area contributed by atoms with Gasteiger partial charge in [0.15, 0.2) is 0 Å². The number of benzene rings is 1. The summed E-state index contributed by atoms with van der Waals surface area (Å²) in [5.41, 5.74) is 1.95. The highest BCUT2D eigenvalue weighted by Gasteiger charge is 2.32. The molecule has 5 rings (SSSR count). The standard InChI is InChI=1S/C21H26Cl2N4O2/c22-16-10-18-19(11-17(16)23)27(15-2-1-3-15)21(25-18)26-7-4-13(5-8-26)20(28)24-14-6-9-29-12-14/h10-11,13-15H,1-9,12H2,(H,24,28). The number of ether oxygens (including phenoxy) is 1. The lowest BCUT2D eigenvalue weighted by molar-refractivity contribution is -0.126. The van der Waals surface area contributed by atoms with E-state index in [4.69, 9.17) is 32.9 Å². The second-order valence-electron chi connectivity index (χ2n) is 8.45. The molecule has 1 saturated carbocycles. The van der Waals surface area contributed by atoms with E-state index in [2.05, 4.69) is 14.8 Å². The maximum atomic E-state index is 12.6. The Bertz CT molecular complexity index is 913. The molecule has 1 unspecified atom stereocenters. The van der Waals surface area contributed by atoms with Gasteiger partial charge in [0.05, 0.1) is 33.7 Å². The fourth-order valence-electron chi connectivity index (χ4n) is 4.61. The van der Waals surface area contributed by atoms with Gasteiger partial charge in [0.1, 0.15) is 0 Å². The highest BCUT2D eigenvalue weighted by molar-refractivity contribution is 6.42. The number of anilines is 1. The molecule has 3 aliphatic rings. The van der Waals surface area contributed by atoms with Crippen molar-refractivity contribution in [3.8, 4) is 0 Å². The molecular weight excluding hydrogens is 411 g/mol. The summed E-state index contributed by atoms with van der Waals surface area (Å²) in [6.07, 6.45) is 6.19. The molecule has 2 aliphatic heterocycles. The normalized spacial score (nSPS) is 23.5. The Morgan fingerprint density at radius 3 is 2.52 bits per heavy atom. The molecule has 0 bridgehead atoms. The first-order chi connectivity index (χ1) is 14.1. The molecule has 3 heterocycles. The van der Waals surface area contributed by atoms with E-state index >= 15 is 0 Å². The second kappa shape index (κ2) is 7.97. The van der Waals surface area contributed by atoms with Gasteiger partial charge in [-0.1, -0.05) is 23.2 Å². The Morgan fingerprint density at radius 1 is 1.10 bits per heavy atom. The Balaban J connectivity index is 1.34. The summed E-state index contributed by atoms with van der Waals surface area (Å²) in [6, 6.07) is 4.45. The van der Waals surface area contributed by atoms with Gasteiger partial charge in [0, 0.05) is 31.7 Å². The van der Waals surface area contributed by atoms with Gasteiger partial charge < -0.3 is 19.5 Å². The van der Waals surface area contributed by atoms with Crippen LogP contribution in [-0.4, -0.2) is 47.8 Å². The lowest BCUT2D eigenvalue weighted by Gasteiger charge is -2.36. The molecule has 1 aromatic carbocycles. The van der Waals surface area contributed by atoms with Crippen molar-refractivity contribution in [2.45, 2.75) is 50.6 Å². The first-order valence-corrected chi connectivity index (χ1v) is 11.4. The van der Waals surface area contributed by atoms with Crippen LogP contribution in [-0.2, 0) is 9.53 Å². The molecule has 2 saturated heterocycles. The number of piperidine rings is 1. The molecule has 3 fully saturated rings. The quantitative estimate of drug-likeness (QED) is 0.780. The van der Waals surface area contributed by atoms with Crippen molar-refractivity contribution in [1.29, 1.82) is 0 Å². The number of nitrogens with one attached hydrogen (secondary N) is 1. The molecule has 1 amide bonds. The van der Waals surface area contributed by atoms with Crippen molar-refractivity contribution in [3.05, 3.63) is 22.2 Å². The number of hydrogen-bond acceptors (Lipinski definition) is 4. The van der Waals surface area contributed by atoms with E-state index < -0.39 is 0 Å². The summed E-state index contributed by atoms with van der Waals surface area (Å²) in [6.45, 7) is 3.05. The van der Waals surface area contributed by atoms with Crippen LogP contribution in [0.25, 0.3) is 11.0 Å². The van der Waals surface area contributed by atoms with Gasteiger partial charge in [-0.15, -0.1) is 0 Å². The molecule has 1 atom stereocenters. The number of carbonyl (C=O) groups excluding carboxylic acids is 1. The Morgan fingerprint density at radius 2 is 1.86 bits per heavy atom. The first kappa shape index (κ1) is 19.5. The largest absolute Gasteiger partial charge is 0.379 e. The van der Waals surface area contributed by atoms with Crippen LogP contribution in [0.3, 0.4) is 0 Å². The third-order valence-electron chi connectivity index (χ3n) is 6.58. The van der Waals surface area contributed by atoms with Crippen LogP contribution in [0.15, 0.2) is 12.1 Å². The number of rotatable bonds is 4. The second-order valence-corrected chi connectivity index (χ2v) is 9.27. The van der Waals surface area contributed by atoms with Gasteiger partial charge in [0.2, 0.25) is 11.9 Å². The minimum Gasteiger partial charge on any atom is -0.379 e. The average Bonchev–Trinajstić information content (AvgIpc) is 3.30. The van der Waals surface area contributed by atoms with Crippen LogP contribution in [0.1, 0.15) is 44.6 Å². The molecule has 0 radical (unpaired) electrons. The minimum atomic E-state index is 0.0669. The maximum Gasteiger partial charge on any atom is 0.223 e. The molecular formula is C21H26Cl2N4O2. The highest BCUT2D eigenvalue weighted by atomic mass is 35.5. The minimum absolute atomic E-state index is 0.0669. The Kier molecular flexibility index (Phi) is 5.35. The van der Waals surface area contributed by atoms with Crippen molar-refractivity contribution >= 4 is 46.1 Å². The van der Waals surface area contributed by atoms with E-state index in [1.54, 1.807) is 0 Å². The van der Waals surface area contributed by atoms with Crippen LogP contribution >= 0.6 is 23.2 Å². The van der Waals surface area contributed by atoms with Crippen molar-refractivity contribution in [1.82, 2.24) is 14.9 Å². The number of carbonyl (C=O) groups is 1. The molecule has 0 spiro atoms. The van der Waals surface area contributed by atoms with Gasteiger partial charge in [-0.3, -0.25) is 4.79 Å². The van der Waals surface area contributed by atoms with Crippen molar-refractivity contribution in [2.75, 3.05) is 31.2 Å². The van der Waals surface area contributed by atoms with Crippen molar-refractivity contribution < 1.29 is 9.53 Å². The van der Waals surface area contributed by atoms with E-state index in [1.165, 1.54) is 19.3 Å². The zero-order valence-electron chi connectivity index (χ0n) is 16.4. The lowest BCUT2D eigenvalue weighted by atomic mass is 9.92. The van der Waals surface area contributed by atoms with Gasteiger partial charge in [-0.05, 0) is 50.7 Å². The van der Waals surface area contributed by atoms with E-state index in [-0.39, 0.29) is 17.9 Å². The maximum absolute atomic E-state index is 12.6. The molecule has 2 aromatic rings. The van der Waals surface area contributed by atoms with Crippen LogP contribution in [0.4, 0.5) is 5.95 Å². The number of amides is 1. The molecule has 29 heavy (non-hydrogen) atoms. The summed E-state index contributed by atoms with van der Waals surface area (Å²) in [4.78, 5) is 19.9. The summed E-state index contributed by atoms with van der Waals surface area (Å²) in [5.74, 6) is 1.23. The lowest BCUT2D eigenvalue weighted by Crippen LogP contribution is -2.44. The fourth-order valence-corrected chi connectivity index (χ4v) is 4.93. The van der Waals surface area contributed by atoms with Crippen LogP contribution in [0.5, 0.6) is 0 Å². The highest BCUT2D eigenvalue weighted by Crippen LogP contribution is 2.40. The van der Waals surface area contributed by atoms with Gasteiger partial charge in [-0.2, -0.15) is 0 Å². The van der Waals surface area contributed by atoms with Crippen LogP contribution in [0, 0.1) is 5.92 Å². The van der Waals surface area contributed by atoms with Gasteiger partial charge >= 0.3 is 0 Å². The van der Waals surface area contributed by atoms with E-state index in [0.717, 1.165) is 55.9 Å². The summed E-state index contributed by atoms with van der Waals surface area (Å²) < 4.78 is 7.71. The number of fused-ring (bicyclic) bond motifs is 1. The third kappa shape index (κ3) is 3.71. The van der Waals surface area contributed by atoms with Gasteiger partial charge in [-0.25, -0.2) is 4.98 Å². The predicted molar refractivity (Wildman–Crippen MR) is 115 cm³/mol. The molecule has 1 N–H and O–H groups in total. The zero-order chi connectivity index (χ0) is 20.0. The first-order valence-electron chi connectivity index (χ1n) is 10.6. The number of aromatic nitrogens is 2. The number of hydrogen-bond donors (Lipinski definition) is 1. The Labute approximate surface area is 180 Å². The van der Waals surface area contributed by atoms with Crippen molar-refractivity contribution in [2.24, 2.45) is 5.92 Å². The average molecular weight is 437 g/mol. The smallest absolute Gasteiger partial charge is 0.223 e. The number of imidazole rings is 1. The van der Waals surface area contributed by atoms with E-state index in [0.29, 0.717) is 22.7 Å². The number of nitrogens with zero attached hydrogens (tertiary/aromatic N) is 3.